The van der Waals surface area contributed by atoms with Gasteiger partial charge in [-0.05, 0) is 30.2 Å². The molecule has 8 heteroatoms. The van der Waals surface area contributed by atoms with Crippen LogP contribution in [0.5, 0.6) is 0 Å². The number of hydrogen-bond acceptors (Lipinski definition) is 6. The molecule has 3 aromatic carbocycles. The number of carbonyl (C=O) groups is 3. The molecule has 0 fully saturated rings. The summed E-state index contributed by atoms with van der Waals surface area (Å²) in [5, 5.41) is 11.8. The molecule has 36 heavy (non-hydrogen) atoms. The van der Waals surface area contributed by atoms with Gasteiger partial charge in [0.15, 0.2) is 11.6 Å². The van der Waals surface area contributed by atoms with E-state index in [4.69, 9.17) is 16.3 Å². The minimum Gasteiger partial charge on any atom is -0.463 e. The molecule has 0 bridgehead atoms. The zero-order chi connectivity index (χ0) is 25.6. The lowest BCUT2D eigenvalue weighted by atomic mass is 9.66. The number of non-ortho nitro benzene ring substituents is 1. The predicted octanol–water partition coefficient (Wildman–Crippen LogP) is 5.68. The number of fused-ring (bicyclic) bond motifs is 1. The van der Waals surface area contributed by atoms with Crippen LogP contribution in [0.15, 0.2) is 84.4 Å². The van der Waals surface area contributed by atoms with Crippen molar-refractivity contribution in [2.24, 2.45) is 5.41 Å². The van der Waals surface area contributed by atoms with Gasteiger partial charge in [-0.1, -0.05) is 66.2 Å². The fourth-order valence-electron chi connectivity index (χ4n) is 5.41. The van der Waals surface area contributed by atoms with Crippen molar-refractivity contribution in [3.05, 3.63) is 122 Å². The Morgan fingerprint density at radius 3 is 2.03 bits per heavy atom. The number of benzene rings is 3. The monoisotopic (exact) mass is 501 g/mol. The Bertz CT molecular complexity index is 1410. The number of allylic oxidation sites excluding steroid dienone is 1. The van der Waals surface area contributed by atoms with E-state index in [2.05, 4.69) is 0 Å². The molecule has 2 atom stereocenters. The molecule has 7 nitrogen and oxygen atoms in total. The highest BCUT2D eigenvalue weighted by atomic mass is 35.5. The van der Waals surface area contributed by atoms with E-state index in [0.29, 0.717) is 16.1 Å². The molecule has 180 valence electrons. The van der Waals surface area contributed by atoms with Gasteiger partial charge >= 0.3 is 5.97 Å². The van der Waals surface area contributed by atoms with E-state index in [1.165, 1.54) is 18.2 Å². The lowest BCUT2D eigenvalue weighted by Gasteiger charge is -2.32. The molecule has 0 N–H and O–H groups in total. The summed E-state index contributed by atoms with van der Waals surface area (Å²) in [6.45, 7) is 1.79. The van der Waals surface area contributed by atoms with E-state index in [0.717, 1.165) is 0 Å². The molecule has 5 rings (SSSR count). The van der Waals surface area contributed by atoms with Gasteiger partial charge in [-0.15, -0.1) is 0 Å². The minimum atomic E-state index is -1.70. The quantitative estimate of drug-likeness (QED) is 0.193. The SMILES string of the molecule is CCOC(=O)C1=CC2(C(=O)c3ccccc3C2=O)[C@H](c2ccc([N+](=O)[O-])cc2)[C@H]1c1ccc(Cl)cc1. The number of ketones is 2. The molecule has 0 radical (unpaired) electrons. The molecule has 0 aliphatic heterocycles. The van der Waals surface area contributed by atoms with Gasteiger partial charge in [0.2, 0.25) is 0 Å². The fraction of sp³-hybridized carbons (Fsp3) is 0.179. The van der Waals surface area contributed by atoms with E-state index in [1.807, 2.05) is 0 Å². The van der Waals surface area contributed by atoms with Crippen LogP contribution in [0.4, 0.5) is 5.69 Å². The molecule has 0 amide bonds. The first-order chi connectivity index (χ1) is 17.3. The van der Waals surface area contributed by atoms with Crippen molar-refractivity contribution in [1.82, 2.24) is 0 Å². The van der Waals surface area contributed by atoms with Gasteiger partial charge in [-0.25, -0.2) is 4.79 Å². The van der Waals surface area contributed by atoms with E-state index >= 15 is 0 Å². The predicted molar refractivity (Wildman–Crippen MR) is 132 cm³/mol. The van der Waals surface area contributed by atoms with Crippen molar-refractivity contribution in [2.45, 2.75) is 18.8 Å². The number of Topliss-reactive ketones (excluding diaryl/α,β-unsaturated/α-hetero) is 2. The first-order valence-corrected chi connectivity index (χ1v) is 11.8. The zero-order valence-electron chi connectivity index (χ0n) is 19.1. The van der Waals surface area contributed by atoms with Gasteiger partial charge in [0.1, 0.15) is 5.41 Å². The number of rotatable bonds is 5. The van der Waals surface area contributed by atoms with Gasteiger partial charge in [0, 0.05) is 45.7 Å². The Morgan fingerprint density at radius 2 is 1.50 bits per heavy atom. The third kappa shape index (κ3) is 3.46. The van der Waals surface area contributed by atoms with Crippen LogP contribution in [0, 0.1) is 15.5 Å². The number of nitrogens with zero attached hydrogens (tertiary/aromatic N) is 1. The number of esters is 1. The highest BCUT2D eigenvalue weighted by molar-refractivity contribution is 6.32. The molecule has 1 spiro atoms. The minimum absolute atomic E-state index is 0.112. The fourth-order valence-corrected chi connectivity index (χ4v) is 5.54. The maximum atomic E-state index is 14.0. The van der Waals surface area contributed by atoms with Crippen molar-refractivity contribution >= 4 is 34.8 Å². The Balaban J connectivity index is 1.79. The summed E-state index contributed by atoms with van der Waals surface area (Å²) in [5.41, 5.74) is 0.112. The van der Waals surface area contributed by atoms with Crippen LogP contribution in [-0.4, -0.2) is 29.1 Å². The van der Waals surface area contributed by atoms with Crippen LogP contribution >= 0.6 is 11.6 Å². The number of nitro benzene ring substituents is 1. The van der Waals surface area contributed by atoms with E-state index < -0.39 is 39.7 Å². The summed E-state index contributed by atoms with van der Waals surface area (Å²) in [6, 6.07) is 19.2. The second-order valence-corrected chi connectivity index (χ2v) is 9.18. The van der Waals surface area contributed by atoms with Crippen molar-refractivity contribution in [2.75, 3.05) is 6.61 Å². The number of halogens is 1. The molecule has 0 saturated heterocycles. The normalized spacial score (nSPS) is 19.8. The van der Waals surface area contributed by atoms with Crippen LogP contribution in [0.25, 0.3) is 0 Å². The topological polar surface area (TPSA) is 104 Å². The average Bonchev–Trinajstić information content (AvgIpc) is 3.35. The standard InChI is InChI=1S/C28H20ClNO6/c1-2-36-27(33)22-15-28(25(31)20-5-3-4-6-21(20)26(28)32)24(17-9-13-19(14-10-17)30(34)35)23(22)16-7-11-18(29)12-8-16/h3-15,23-24H,2H2,1H3/t23-,24+/m0/s1. The largest absolute Gasteiger partial charge is 0.463 e. The molecule has 0 unspecified atom stereocenters. The van der Waals surface area contributed by atoms with Crippen LogP contribution in [0.3, 0.4) is 0 Å². The Labute approximate surface area is 211 Å². The summed E-state index contributed by atoms with van der Waals surface area (Å²) in [5.74, 6) is -3.02. The van der Waals surface area contributed by atoms with Crippen LogP contribution < -0.4 is 0 Å². The summed E-state index contributed by atoms with van der Waals surface area (Å²) in [6.07, 6.45) is 1.46. The lowest BCUT2D eigenvalue weighted by Crippen LogP contribution is -2.37. The van der Waals surface area contributed by atoms with Gasteiger partial charge in [0.05, 0.1) is 11.5 Å². The number of hydrogen-bond donors (Lipinski definition) is 0. The van der Waals surface area contributed by atoms with Crippen LogP contribution in [0.2, 0.25) is 5.02 Å². The van der Waals surface area contributed by atoms with Crippen molar-refractivity contribution in [3.8, 4) is 0 Å². The summed E-state index contributed by atoms with van der Waals surface area (Å²) in [4.78, 5) is 52.0. The molecule has 0 aromatic heterocycles. The van der Waals surface area contributed by atoms with Crippen molar-refractivity contribution in [3.63, 3.8) is 0 Å². The van der Waals surface area contributed by atoms with Gasteiger partial charge in [-0.2, -0.15) is 0 Å². The zero-order valence-corrected chi connectivity index (χ0v) is 19.9. The average molecular weight is 502 g/mol. The molecule has 2 aliphatic carbocycles. The highest BCUT2D eigenvalue weighted by Crippen LogP contribution is 2.61. The number of ether oxygens (including phenoxy) is 1. The highest BCUT2D eigenvalue weighted by Gasteiger charge is 2.63. The Kier molecular flexibility index (Phi) is 5.80. The summed E-state index contributed by atoms with van der Waals surface area (Å²) in [7, 11) is 0. The van der Waals surface area contributed by atoms with Crippen LogP contribution in [0.1, 0.15) is 50.6 Å². The maximum absolute atomic E-state index is 14.0. The van der Waals surface area contributed by atoms with Crippen molar-refractivity contribution < 1.29 is 24.0 Å². The van der Waals surface area contributed by atoms with Gasteiger partial charge in [0.25, 0.3) is 5.69 Å². The van der Waals surface area contributed by atoms with E-state index in [9.17, 15) is 24.5 Å². The smallest absolute Gasteiger partial charge is 0.334 e. The van der Waals surface area contributed by atoms with E-state index in [-0.39, 0.29) is 29.0 Å². The third-order valence-corrected chi connectivity index (χ3v) is 7.17. The number of nitro groups is 1. The maximum Gasteiger partial charge on any atom is 0.334 e. The first-order valence-electron chi connectivity index (χ1n) is 11.4. The number of carbonyl (C=O) groups excluding carboxylic acids is 3. The summed E-state index contributed by atoms with van der Waals surface area (Å²) >= 11 is 6.12. The van der Waals surface area contributed by atoms with E-state index in [1.54, 1.807) is 67.6 Å². The van der Waals surface area contributed by atoms with Gasteiger partial charge < -0.3 is 4.74 Å². The second-order valence-electron chi connectivity index (χ2n) is 8.75. The molecular formula is C28H20ClNO6. The second kappa shape index (κ2) is 8.84. The third-order valence-electron chi connectivity index (χ3n) is 6.91. The molecule has 0 saturated carbocycles. The molecule has 3 aromatic rings. The Hall–Kier alpha value is -4.10. The molecule has 0 heterocycles. The summed E-state index contributed by atoms with van der Waals surface area (Å²) < 4.78 is 5.34. The molecular weight excluding hydrogens is 482 g/mol. The van der Waals surface area contributed by atoms with Gasteiger partial charge in [-0.3, -0.25) is 19.7 Å². The lowest BCUT2D eigenvalue weighted by molar-refractivity contribution is -0.384. The molecule has 2 aliphatic rings. The van der Waals surface area contributed by atoms with Crippen molar-refractivity contribution in [1.29, 1.82) is 0 Å². The Morgan fingerprint density at radius 1 is 0.944 bits per heavy atom. The first kappa shape index (κ1) is 23.6. The van der Waals surface area contributed by atoms with Crippen LogP contribution in [-0.2, 0) is 9.53 Å².